The Morgan fingerprint density at radius 3 is 2.71 bits per heavy atom. The second-order valence-electron chi connectivity index (χ2n) is 8.51. The average molecular weight is 465 g/mol. The topological polar surface area (TPSA) is 98.2 Å². The Hall–Kier alpha value is -2.03. The summed E-state index contributed by atoms with van der Waals surface area (Å²) in [7, 11) is 0. The predicted octanol–water partition coefficient (Wildman–Crippen LogP) is 2.42. The zero-order chi connectivity index (χ0) is 22.6. The number of thioether (sulfide) groups is 1. The van der Waals surface area contributed by atoms with E-state index in [1.807, 2.05) is 6.92 Å². The lowest BCUT2D eigenvalue weighted by atomic mass is 9.66. The highest BCUT2D eigenvalue weighted by molar-refractivity contribution is 8.02. The van der Waals surface area contributed by atoms with Crippen LogP contribution in [0.1, 0.15) is 19.8 Å². The first-order valence-electron chi connectivity index (χ1n) is 10.2. The van der Waals surface area contributed by atoms with Crippen LogP contribution < -0.4 is 4.90 Å². The van der Waals surface area contributed by atoms with E-state index in [-0.39, 0.29) is 31.5 Å². The number of carboxylic acid groups (broad SMARTS) is 1. The smallest absolute Gasteiger partial charge is 0.308 e. The summed E-state index contributed by atoms with van der Waals surface area (Å²) in [6.45, 7) is 5.48. The summed E-state index contributed by atoms with van der Waals surface area (Å²) in [6, 6.07) is 6.07. The maximum absolute atomic E-state index is 14.0. The molecule has 3 aliphatic heterocycles. The minimum atomic E-state index is -1.01. The van der Waals surface area contributed by atoms with Crippen LogP contribution in [0.2, 0.25) is 5.02 Å². The summed E-state index contributed by atoms with van der Waals surface area (Å²) in [5, 5.41) is 20.0. The SMILES string of the molecule is C=CCN(C(=O)C1N(CCO)C(=O)[C@@H]2[C@H](C(=O)O)[C@]3(C)CCC12S3)c1ccccc1Cl. The molecule has 3 saturated heterocycles. The van der Waals surface area contributed by atoms with Crippen LogP contribution in [0, 0.1) is 11.8 Å². The maximum atomic E-state index is 14.0. The van der Waals surface area contributed by atoms with Crippen molar-refractivity contribution in [1.29, 1.82) is 0 Å². The zero-order valence-corrected chi connectivity index (χ0v) is 18.7. The Morgan fingerprint density at radius 1 is 1.39 bits per heavy atom. The van der Waals surface area contributed by atoms with Crippen molar-refractivity contribution in [3.63, 3.8) is 0 Å². The molecule has 0 radical (unpaired) electrons. The summed E-state index contributed by atoms with van der Waals surface area (Å²) in [6.07, 6.45) is 2.77. The number of rotatable bonds is 7. The highest BCUT2D eigenvalue weighted by Gasteiger charge is 2.77. The number of amides is 2. The number of aliphatic hydroxyl groups excluding tert-OH is 1. The average Bonchev–Trinajstić information content (AvgIpc) is 3.28. The standard InChI is InChI=1S/C22H25ClN2O5S/c1-3-10-24(14-7-5-4-6-13(14)23)19(28)17-22-9-8-21(2,31-22)16(20(29)30)15(22)18(27)25(17)11-12-26/h3-7,15-17,26H,1,8-12H2,2H3,(H,29,30)/t15-,16+,17?,21-,22?/m0/s1. The number of para-hydroxylation sites is 1. The number of carbonyl (C=O) groups excluding carboxylic acids is 2. The van der Waals surface area contributed by atoms with Gasteiger partial charge < -0.3 is 20.0 Å². The van der Waals surface area contributed by atoms with Gasteiger partial charge in [0.25, 0.3) is 5.91 Å². The van der Waals surface area contributed by atoms with Crippen molar-refractivity contribution < 1.29 is 24.6 Å². The molecule has 0 saturated carbocycles. The summed E-state index contributed by atoms with van der Waals surface area (Å²) >= 11 is 7.84. The second-order valence-corrected chi connectivity index (χ2v) is 10.8. The van der Waals surface area contributed by atoms with Crippen molar-refractivity contribution in [3.8, 4) is 0 Å². The van der Waals surface area contributed by atoms with Crippen LogP contribution in [-0.2, 0) is 14.4 Å². The summed E-state index contributed by atoms with van der Waals surface area (Å²) in [5.41, 5.74) is 0.504. The molecule has 166 valence electrons. The van der Waals surface area contributed by atoms with Crippen LogP contribution in [0.5, 0.6) is 0 Å². The fraction of sp³-hybridized carbons (Fsp3) is 0.500. The van der Waals surface area contributed by atoms with E-state index in [2.05, 4.69) is 6.58 Å². The fourth-order valence-corrected chi connectivity index (χ4v) is 8.27. The third-order valence-corrected chi connectivity index (χ3v) is 9.14. The molecule has 9 heteroatoms. The number of halogens is 1. The quantitative estimate of drug-likeness (QED) is 0.601. The van der Waals surface area contributed by atoms with Crippen molar-refractivity contribution in [1.82, 2.24) is 4.90 Å². The predicted molar refractivity (Wildman–Crippen MR) is 119 cm³/mol. The van der Waals surface area contributed by atoms with Gasteiger partial charge in [-0.2, -0.15) is 0 Å². The monoisotopic (exact) mass is 464 g/mol. The van der Waals surface area contributed by atoms with E-state index in [4.69, 9.17) is 11.6 Å². The molecule has 3 heterocycles. The normalized spacial score (nSPS) is 33.5. The number of carbonyl (C=O) groups is 3. The van der Waals surface area contributed by atoms with E-state index in [1.165, 1.54) is 21.6 Å². The Kier molecular flexibility index (Phi) is 5.60. The Labute approximate surface area is 190 Å². The van der Waals surface area contributed by atoms with E-state index >= 15 is 0 Å². The van der Waals surface area contributed by atoms with Gasteiger partial charge in [-0.1, -0.05) is 29.8 Å². The van der Waals surface area contributed by atoms with Crippen molar-refractivity contribution in [2.24, 2.45) is 11.8 Å². The number of carboxylic acids is 1. The van der Waals surface area contributed by atoms with Gasteiger partial charge in [0.15, 0.2) is 0 Å². The molecule has 1 aromatic rings. The lowest BCUT2D eigenvalue weighted by molar-refractivity contribution is -0.150. The molecule has 1 aromatic carbocycles. The molecule has 5 atom stereocenters. The molecule has 2 unspecified atom stereocenters. The van der Waals surface area contributed by atoms with Gasteiger partial charge in [-0.05, 0) is 31.9 Å². The van der Waals surface area contributed by atoms with Gasteiger partial charge in [0.1, 0.15) is 6.04 Å². The van der Waals surface area contributed by atoms with Gasteiger partial charge in [-0.15, -0.1) is 18.3 Å². The van der Waals surface area contributed by atoms with E-state index in [1.54, 1.807) is 30.3 Å². The highest BCUT2D eigenvalue weighted by Crippen LogP contribution is 2.71. The highest BCUT2D eigenvalue weighted by atomic mass is 35.5. The summed E-state index contributed by atoms with van der Waals surface area (Å²) < 4.78 is -1.45. The number of likely N-dealkylation sites (tertiary alicyclic amines) is 1. The first kappa shape index (κ1) is 22.2. The third kappa shape index (κ3) is 3.10. The Morgan fingerprint density at radius 2 is 2.10 bits per heavy atom. The molecule has 1 spiro atoms. The minimum absolute atomic E-state index is 0.0262. The number of nitrogens with zero attached hydrogens (tertiary/aromatic N) is 2. The summed E-state index contributed by atoms with van der Waals surface area (Å²) in [5.74, 6) is -3.38. The number of β-amino-alcohol motifs (C(OH)–C–C–N with tert-alkyl or cyclic N) is 1. The second kappa shape index (κ2) is 7.83. The van der Waals surface area contributed by atoms with Gasteiger partial charge >= 0.3 is 5.97 Å². The van der Waals surface area contributed by atoms with Gasteiger partial charge in [-0.25, -0.2) is 0 Å². The molecular formula is C22H25ClN2O5S. The molecular weight excluding hydrogens is 440 g/mol. The van der Waals surface area contributed by atoms with E-state index in [0.29, 0.717) is 23.6 Å². The maximum Gasteiger partial charge on any atom is 0.308 e. The lowest BCUT2D eigenvalue weighted by Crippen LogP contribution is -2.55. The largest absolute Gasteiger partial charge is 0.481 e. The number of aliphatic hydroxyl groups is 1. The molecule has 2 N–H and O–H groups in total. The molecule has 2 bridgehead atoms. The van der Waals surface area contributed by atoms with Crippen LogP contribution in [0.4, 0.5) is 5.69 Å². The van der Waals surface area contributed by atoms with E-state index in [9.17, 15) is 24.6 Å². The van der Waals surface area contributed by atoms with Crippen molar-refractivity contribution in [2.75, 3.05) is 24.6 Å². The number of benzene rings is 1. The molecule has 0 aliphatic carbocycles. The number of hydrogen-bond acceptors (Lipinski definition) is 5. The van der Waals surface area contributed by atoms with Crippen LogP contribution in [0.15, 0.2) is 36.9 Å². The van der Waals surface area contributed by atoms with Gasteiger partial charge in [-0.3, -0.25) is 14.4 Å². The molecule has 0 aromatic heterocycles. The van der Waals surface area contributed by atoms with Crippen LogP contribution in [-0.4, -0.2) is 68.1 Å². The zero-order valence-electron chi connectivity index (χ0n) is 17.2. The first-order valence-corrected chi connectivity index (χ1v) is 11.4. The molecule has 4 rings (SSSR count). The minimum Gasteiger partial charge on any atom is -0.481 e. The molecule has 2 amide bonds. The Bertz CT molecular complexity index is 958. The summed E-state index contributed by atoms with van der Waals surface area (Å²) in [4.78, 5) is 42.5. The number of hydrogen-bond donors (Lipinski definition) is 2. The van der Waals surface area contributed by atoms with Crippen molar-refractivity contribution in [3.05, 3.63) is 41.9 Å². The van der Waals surface area contributed by atoms with Gasteiger partial charge in [0.2, 0.25) is 5.91 Å². The number of fused-ring (bicyclic) bond motifs is 1. The molecule has 3 fully saturated rings. The fourth-order valence-electron chi connectivity index (χ4n) is 5.68. The molecule has 31 heavy (non-hydrogen) atoms. The lowest BCUT2D eigenvalue weighted by Gasteiger charge is -2.37. The van der Waals surface area contributed by atoms with Gasteiger partial charge in [0, 0.05) is 17.8 Å². The van der Waals surface area contributed by atoms with E-state index < -0.39 is 33.3 Å². The van der Waals surface area contributed by atoms with Crippen LogP contribution >= 0.6 is 23.4 Å². The molecule has 7 nitrogen and oxygen atoms in total. The van der Waals surface area contributed by atoms with Crippen molar-refractivity contribution >= 4 is 46.8 Å². The Balaban J connectivity index is 1.82. The molecule has 3 aliphatic rings. The van der Waals surface area contributed by atoms with Crippen molar-refractivity contribution in [2.45, 2.75) is 35.3 Å². The third-order valence-electron chi connectivity index (χ3n) is 6.84. The van der Waals surface area contributed by atoms with Crippen LogP contribution in [0.25, 0.3) is 0 Å². The number of aliphatic carboxylic acids is 1. The van der Waals surface area contributed by atoms with E-state index in [0.717, 1.165) is 0 Å². The van der Waals surface area contributed by atoms with Gasteiger partial charge in [0.05, 0.1) is 33.9 Å². The van der Waals surface area contributed by atoms with Crippen LogP contribution in [0.3, 0.4) is 0 Å². The number of anilines is 1. The first-order chi connectivity index (χ1) is 14.7.